The van der Waals surface area contributed by atoms with Gasteiger partial charge in [-0.15, -0.1) is 0 Å². The van der Waals surface area contributed by atoms with Gasteiger partial charge < -0.3 is 20.1 Å². The number of fused-ring (bicyclic) bond motifs is 3. The number of hydrogen-bond acceptors (Lipinski definition) is 4. The highest BCUT2D eigenvalue weighted by molar-refractivity contribution is 5.94. The van der Waals surface area contributed by atoms with Gasteiger partial charge in [0.25, 0.3) is 0 Å². The second kappa shape index (κ2) is 9.02. The van der Waals surface area contributed by atoms with E-state index in [2.05, 4.69) is 29.6 Å². The van der Waals surface area contributed by atoms with Crippen LogP contribution in [0.3, 0.4) is 0 Å². The summed E-state index contributed by atoms with van der Waals surface area (Å²) in [5.74, 6) is -1.37. The van der Waals surface area contributed by atoms with Gasteiger partial charge in [0, 0.05) is 12.5 Å². The van der Waals surface area contributed by atoms with Crippen LogP contribution in [0.4, 0.5) is 4.79 Å². The smallest absolute Gasteiger partial charge is 0.408 e. The van der Waals surface area contributed by atoms with Gasteiger partial charge in [-0.3, -0.25) is 4.79 Å². The van der Waals surface area contributed by atoms with Gasteiger partial charge in [0.05, 0.1) is 0 Å². The molecule has 0 radical (unpaired) electrons. The molecule has 2 aliphatic carbocycles. The van der Waals surface area contributed by atoms with Crippen molar-refractivity contribution in [3.05, 3.63) is 59.7 Å². The highest BCUT2D eigenvalue weighted by Gasteiger charge is 2.53. The number of amides is 2. The predicted octanol–water partition coefficient (Wildman–Crippen LogP) is 4.69. The summed E-state index contributed by atoms with van der Waals surface area (Å²) in [5, 5.41) is 12.7. The molecule has 184 valence electrons. The Hall–Kier alpha value is -3.35. The number of carboxylic acid groups (broad SMARTS) is 1. The van der Waals surface area contributed by atoms with Crippen LogP contribution in [0, 0.1) is 0 Å². The van der Waals surface area contributed by atoms with Crippen molar-refractivity contribution in [2.45, 2.75) is 68.9 Å². The van der Waals surface area contributed by atoms with Gasteiger partial charge in [-0.25, -0.2) is 9.59 Å². The van der Waals surface area contributed by atoms with Crippen molar-refractivity contribution in [3.8, 4) is 11.1 Å². The fourth-order valence-corrected chi connectivity index (χ4v) is 6.15. The lowest BCUT2D eigenvalue weighted by Crippen LogP contribution is -2.64. The van der Waals surface area contributed by atoms with Gasteiger partial charge in [-0.2, -0.15) is 0 Å². The minimum absolute atomic E-state index is 0.0694. The van der Waals surface area contributed by atoms with Gasteiger partial charge in [-0.05, 0) is 54.9 Å². The lowest BCUT2D eigenvalue weighted by atomic mass is 9.79. The molecule has 7 nitrogen and oxygen atoms in total. The number of nitrogens with one attached hydrogen (secondary N) is 1. The van der Waals surface area contributed by atoms with Crippen LogP contribution in [0.5, 0.6) is 0 Å². The SMILES string of the molecule is CC1(C(=O)O)CCCN1C(=O)C1(NC(=O)OCC2c3ccccc3-c3ccccc32)CCCCC1. The number of nitrogens with zero attached hydrogens (tertiary/aromatic N) is 1. The Balaban J connectivity index is 1.33. The molecule has 2 amide bonds. The molecule has 2 fully saturated rings. The second-order valence-corrected chi connectivity index (χ2v) is 10.2. The van der Waals surface area contributed by atoms with Crippen molar-refractivity contribution in [1.29, 1.82) is 0 Å². The van der Waals surface area contributed by atoms with Crippen LogP contribution >= 0.6 is 0 Å². The topological polar surface area (TPSA) is 95.9 Å². The molecule has 0 bridgehead atoms. The number of carbonyl (C=O) groups excluding carboxylic acids is 2. The fourth-order valence-electron chi connectivity index (χ4n) is 6.15. The zero-order chi connectivity index (χ0) is 24.6. The standard InChI is InChI=1S/C28H32N2O5/c1-27(25(32)33)14-9-17-30(27)24(31)28(15-7-2-8-16-28)29-26(34)35-18-23-21-12-5-3-10-19(21)20-11-4-6-13-22(20)23/h3-6,10-13,23H,2,7-9,14-18H2,1H3,(H,29,34)(H,32,33). The highest BCUT2D eigenvalue weighted by atomic mass is 16.5. The van der Waals surface area contributed by atoms with E-state index < -0.39 is 23.1 Å². The first-order valence-corrected chi connectivity index (χ1v) is 12.5. The molecular formula is C28H32N2O5. The lowest BCUT2D eigenvalue weighted by molar-refractivity contribution is -0.158. The van der Waals surface area contributed by atoms with Crippen molar-refractivity contribution in [2.24, 2.45) is 0 Å². The number of aliphatic carboxylic acids is 1. The molecule has 1 saturated carbocycles. The predicted molar refractivity (Wildman–Crippen MR) is 131 cm³/mol. The number of rotatable bonds is 5. The minimum Gasteiger partial charge on any atom is -0.480 e. The summed E-state index contributed by atoms with van der Waals surface area (Å²) in [6.07, 6.45) is 3.98. The van der Waals surface area contributed by atoms with Crippen LogP contribution in [0.1, 0.15) is 68.9 Å². The maximum atomic E-state index is 13.8. The normalized spacial score (nSPS) is 22.8. The Morgan fingerprint density at radius 3 is 2.14 bits per heavy atom. The molecule has 7 heteroatoms. The Kier molecular flexibility index (Phi) is 6.03. The molecule has 1 heterocycles. The molecule has 2 N–H and O–H groups in total. The average Bonchev–Trinajstić information content (AvgIpc) is 3.42. The Morgan fingerprint density at radius 1 is 0.943 bits per heavy atom. The highest BCUT2D eigenvalue weighted by Crippen LogP contribution is 2.44. The monoisotopic (exact) mass is 476 g/mol. The first-order chi connectivity index (χ1) is 16.9. The number of likely N-dealkylation sites (tertiary alicyclic amines) is 1. The van der Waals surface area contributed by atoms with Crippen molar-refractivity contribution >= 4 is 18.0 Å². The number of carbonyl (C=O) groups is 3. The summed E-state index contributed by atoms with van der Waals surface area (Å²) in [4.78, 5) is 40.3. The zero-order valence-corrected chi connectivity index (χ0v) is 20.1. The van der Waals surface area contributed by atoms with E-state index in [1.807, 2.05) is 24.3 Å². The average molecular weight is 477 g/mol. The number of ether oxygens (including phenoxy) is 1. The minimum atomic E-state index is -1.25. The molecule has 1 atom stereocenters. The number of carboxylic acids is 1. The third-order valence-electron chi connectivity index (χ3n) is 8.15. The molecule has 1 aliphatic heterocycles. The van der Waals surface area contributed by atoms with Crippen molar-refractivity contribution in [2.75, 3.05) is 13.2 Å². The van der Waals surface area contributed by atoms with E-state index in [1.165, 1.54) is 4.90 Å². The summed E-state index contributed by atoms with van der Waals surface area (Å²) >= 11 is 0. The van der Waals surface area contributed by atoms with Gasteiger partial charge in [0.2, 0.25) is 5.91 Å². The third kappa shape index (κ3) is 3.97. The first-order valence-electron chi connectivity index (χ1n) is 12.5. The largest absolute Gasteiger partial charge is 0.480 e. The quantitative estimate of drug-likeness (QED) is 0.653. The Morgan fingerprint density at radius 2 is 1.54 bits per heavy atom. The van der Waals surface area contributed by atoms with Crippen LogP contribution < -0.4 is 5.32 Å². The van der Waals surface area contributed by atoms with E-state index in [-0.39, 0.29) is 18.4 Å². The van der Waals surface area contributed by atoms with Gasteiger partial charge in [0.15, 0.2) is 0 Å². The van der Waals surface area contributed by atoms with E-state index in [1.54, 1.807) is 6.92 Å². The number of hydrogen-bond donors (Lipinski definition) is 2. The molecule has 1 unspecified atom stereocenters. The number of alkyl carbamates (subject to hydrolysis) is 1. The van der Waals surface area contributed by atoms with E-state index in [9.17, 15) is 19.5 Å². The third-order valence-corrected chi connectivity index (χ3v) is 8.15. The van der Waals surface area contributed by atoms with Gasteiger partial charge >= 0.3 is 12.1 Å². The zero-order valence-electron chi connectivity index (χ0n) is 20.1. The lowest BCUT2D eigenvalue weighted by Gasteiger charge is -2.42. The summed E-state index contributed by atoms with van der Waals surface area (Å²) in [7, 11) is 0. The molecule has 1 saturated heterocycles. The molecule has 3 aliphatic rings. The van der Waals surface area contributed by atoms with Crippen LogP contribution in [-0.2, 0) is 14.3 Å². The molecule has 35 heavy (non-hydrogen) atoms. The van der Waals surface area contributed by atoms with E-state index in [0.29, 0.717) is 32.2 Å². The van der Waals surface area contributed by atoms with Crippen molar-refractivity contribution in [1.82, 2.24) is 10.2 Å². The van der Waals surface area contributed by atoms with Crippen LogP contribution in [0.2, 0.25) is 0 Å². The molecular weight excluding hydrogens is 444 g/mol. The summed E-state index contributed by atoms with van der Waals surface area (Å²) < 4.78 is 5.74. The fraction of sp³-hybridized carbons (Fsp3) is 0.464. The van der Waals surface area contributed by atoms with E-state index >= 15 is 0 Å². The maximum absolute atomic E-state index is 13.8. The van der Waals surface area contributed by atoms with E-state index in [4.69, 9.17) is 4.74 Å². The van der Waals surface area contributed by atoms with Crippen LogP contribution in [0.25, 0.3) is 11.1 Å². The molecule has 2 aromatic rings. The number of benzene rings is 2. The van der Waals surface area contributed by atoms with Gasteiger partial charge in [-0.1, -0.05) is 67.8 Å². The van der Waals surface area contributed by atoms with E-state index in [0.717, 1.165) is 41.5 Å². The Labute approximate surface area is 205 Å². The molecule has 2 aromatic carbocycles. The van der Waals surface area contributed by atoms with Gasteiger partial charge in [0.1, 0.15) is 17.7 Å². The van der Waals surface area contributed by atoms with Crippen LogP contribution in [0.15, 0.2) is 48.5 Å². The van der Waals surface area contributed by atoms with Crippen molar-refractivity contribution < 1.29 is 24.2 Å². The van der Waals surface area contributed by atoms with Crippen molar-refractivity contribution in [3.63, 3.8) is 0 Å². The van der Waals surface area contributed by atoms with Crippen LogP contribution in [-0.4, -0.2) is 52.2 Å². The summed E-state index contributed by atoms with van der Waals surface area (Å²) in [5.41, 5.74) is 2.18. The summed E-state index contributed by atoms with van der Waals surface area (Å²) in [6.45, 7) is 2.15. The first kappa shape index (κ1) is 23.4. The molecule has 0 aromatic heterocycles. The maximum Gasteiger partial charge on any atom is 0.408 e. The summed E-state index contributed by atoms with van der Waals surface area (Å²) in [6, 6.07) is 16.3. The Bertz CT molecular complexity index is 1110. The molecule has 5 rings (SSSR count). The second-order valence-electron chi connectivity index (χ2n) is 10.2. The molecule has 0 spiro atoms.